The van der Waals surface area contributed by atoms with Crippen LogP contribution < -0.4 is 0 Å². The van der Waals surface area contributed by atoms with Crippen LogP contribution in [-0.4, -0.2) is 19.0 Å². The molecule has 2 aromatic carbocycles. The Labute approximate surface area is 102 Å². The molecular weight excluding hydrogens is 206 g/mol. The Morgan fingerprint density at radius 3 is 2.71 bits per heavy atom. The number of hydrogen-bond donors (Lipinski definition) is 0. The molecule has 0 aromatic heterocycles. The second kappa shape index (κ2) is 4.01. The summed E-state index contributed by atoms with van der Waals surface area (Å²) >= 11 is 0. The van der Waals surface area contributed by atoms with E-state index in [1.54, 1.807) is 0 Å². The van der Waals surface area contributed by atoms with E-state index in [4.69, 9.17) is 0 Å². The SMILES string of the molecule is CN(C)C1CC=Cc2c1ccc1ccccc21. The van der Waals surface area contributed by atoms with Gasteiger partial charge in [-0.25, -0.2) is 0 Å². The van der Waals surface area contributed by atoms with Crippen LogP contribution in [0.5, 0.6) is 0 Å². The molecule has 3 rings (SSSR count). The van der Waals surface area contributed by atoms with Crippen molar-refractivity contribution in [2.24, 2.45) is 0 Å². The average molecular weight is 223 g/mol. The first-order valence-corrected chi connectivity index (χ1v) is 6.12. The highest BCUT2D eigenvalue weighted by Gasteiger charge is 2.19. The van der Waals surface area contributed by atoms with E-state index in [-0.39, 0.29) is 0 Å². The minimum absolute atomic E-state index is 0.514. The normalized spacial score (nSPS) is 18.6. The molecule has 1 aliphatic rings. The molecule has 1 unspecified atom stereocenters. The van der Waals surface area contributed by atoms with Crippen molar-refractivity contribution in [1.82, 2.24) is 4.90 Å². The van der Waals surface area contributed by atoms with E-state index in [1.807, 2.05) is 0 Å². The summed E-state index contributed by atoms with van der Waals surface area (Å²) in [5.74, 6) is 0. The molecule has 0 spiro atoms. The number of nitrogens with zero attached hydrogens (tertiary/aromatic N) is 1. The van der Waals surface area contributed by atoms with Crippen molar-refractivity contribution in [2.75, 3.05) is 14.1 Å². The van der Waals surface area contributed by atoms with Gasteiger partial charge in [-0.2, -0.15) is 0 Å². The van der Waals surface area contributed by atoms with Crippen molar-refractivity contribution in [2.45, 2.75) is 12.5 Å². The van der Waals surface area contributed by atoms with Crippen LogP contribution in [0.25, 0.3) is 16.8 Å². The summed E-state index contributed by atoms with van der Waals surface area (Å²) in [5.41, 5.74) is 2.85. The molecule has 0 saturated heterocycles. The Morgan fingerprint density at radius 1 is 1.06 bits per heavy atom. The third-order valence-corrected chi connectivity index (χ3v) is 3.63. The van der Waals surface area contributed by atoms with E-state index in [9.17, 15) is 0 Å². The molecule has 0 radical (unpaired) electrons. The monoisotopic (exact) mass is 223 g/mol. The molecule has 17 heavy (non-hydrogen) atoms. The van der Waals surface area contributed by atoms with Gasteiger partial charge in [0.05, 0.1) is 0 Å². The maximum atomic E-state index is 2.30. The van der Waals surface area contributed by atoms with Crippen LogP contribution in [0.4, 0.5) is 0 Å². The molecular formula is C16H17N. The maximum Gasteiger partial charge on any atom is 0.0382 e. The van der Waals surface area contributed by atoms with Gasteiger partial charge in [0.15, 0.2) is 0 Å². The molecule has 1 nitrogen and oxygen atoms in total. The predicted octanol–water partition coefficient (Wildman–Crippen LogP) is 3.86. The van der Waals surface area contributed by atoms with Gasteiger partial charge >= 0.3 is 0 Å². The van der Waals surface area contributed by atoms with Gasteiger partial charge in [-0.1, -0.05) is 48.6 Å². The molecule has 0 saturated carbocycles. The Balaban J connectivity index is 2.27. The third-order valence-electron chi connectivity index (χ3n) is 3.63. The van der Waals surface area contributed by atoms with E-state index < -0.39 is 0 Å². The minimum Gasteiger partial charge on any atom is -0.302 e. The Morgan fingerprint density at radius 2 is 1.88 bits per heavy atom. The van der Waals surface area contributed by atoms with Crippen molar-refractivity contribution in [3.63, 3.8) is 0 Å². The van der Waals surface area contributed by atoms with Gasteiger partial charge in [-0.15, -0.1) is 0 Å². The highest BCUT2D eigenvalue weighted by atomic mass is 15.1. The summed E-state index contributed by atoms with van der Waals surface area (Å²) in [4.78, 5) is 2.30. The van der Waals surface area contributed by atoms with Gasteiger partial charge in [0.1, 0.15) is 0 Å². The minimum atomic E-state index is 0.514. The summed E-state index contributed by atoms with van der Waals surface area (Å²) in [7, 11) is 4.31. The van der Waals surface area contributed by atoms with Gasteiger partial charge in [-0.3, -0.25) is 0 Å². The zero-order valence-corrected chi connectivity index (χ0v) is 10.4. The quantitative estimate of drug-likeness (QED) is 0.709. The third kappa shape index (κ3) is 1.67. The number of hydrogen-bond acceptors (Lipinski definition) is 1. The van der Waals surface area contributed by atoms with Crippen LogP contribution in [-0.2, 0) is 0 Å². The fraction of sp³-hybridized carbons (Fsp3) is 0.250. The molecule has 86 valence electrons. The number of benzene rings is 2. The van der Waals surface area contributed by atoms with Crippen LogP contribution >= 0.6 is 0 Å². The lowest BCUT2D eigenvalue weighted by atomic mass is 9.88. The highest BCUT2D eigenvalue weighted by Crippen LogP contribution is 2.35. The molecule has 1 atom stereocenters. The Hall–Kier alpha value is -1.60. The summed E-state index contributed by atoms with van der Waals surface area (Å²) in [6, 6.07) is 13.7. The second-order valence-electron chi connectivity index (χ2n) is 4.91. The molecule has 0 fully saturated rings. The van der Waals surface area contributed by atoms with E-state index in [1.165, 1.54) is 21.9 Å². The summed E-state index contributed by atoms with van der Waals surface area (Å²) < 4.78 is 0. The van der Waals surface area contributed by atoms with Gasteiger partial charge in [0.2, 0.25) is 0 Å². The van der Waals surface area contributed by atoms with Crippen LogP contribution in [0.3, 0.4) is 0 Å². The number of rotatable bonds is 1. The molecule has 1 heteroatoms. The van der Waals surface area contributed by atoms with Gasteiger partial charge < -0.3 is 4.90 Å². The first-order chi connectivity index (χ1) is 8.27. The molecule has 0 amide bonds. The van der Waals surface area contributed by atoms with E-state index in [2.05, 4.69) is 67.5 Å². The predicted molar refractivity (Wildman–Crippen MR) is 74.0 cm³/mol. The largest absolute Gasteiger partial charge is 0.302 e. The van der Waals surface area contributed by atoms with E-state index in [0.717, 1.165) is 6.42 Å². The van der Waals surface area contributed by atoms with Gasteiger partial charge in [0.25, 0.3) is 0 Å². The van der Waals surface area contributed by atoms with Gasteiger partial charge in [-0.05, 0) is 42.4 Å². The first kappa shape index (κ1) is 10.5. The summed E-state index contributed by atoms with van der Waals surface area (Å²) in [6.07, 6.45) is 5.68. The Bertz CT molecular complexity index is 581. The topological polar surface area (TPSA) is 3.24 Å². The molecule has 1 aliphatic carbocycles. The van der Waals surface area contributed by atoms with Crippen molar-refractivity contribution >= 4 is 16.8 Å². The van der Waals surface area contributed by atoms with Crippen LogP contribution in [0.2, 0.25) is 0 Å². The highest BCUT2D eigenvalue weighted by molar-refractivity contribution is 5.92. The zero-order chi connectivity index (χ0) is 11.8. The lowest BCUT2D eigenvalue weighted by Crippen LogP contribution is -2.21. The molecule has 0 N–H and O–H groups in total. The van der Waals surface area contributed by atoms with Crippen LogP contribution in [0.15, 0.2) is 42.5 Å². The van der Waals surface area contributed by atoms with Crippen LogP contribution in [0.1, 0.15) is 23.6 Å². The van der Waals surface area contributed by atoms with Crippen molar-refractivity contribution < 1.29 is 0 Å². The second-order valence-corrected chi connectivity index (χ2v) is 4.91. The first-order valence-electron chi connectivity index (χ1n) is 6.12. The zero-order valence-electron chi connectivity index (χ0n) is 10.4. The van der Waals surface area contributed by atoms with Crippen molar-refractivity contribution in [3.05, 3.63) is 53.6 Å². The average Bonchev–Trinajstić information content (AvgIpc) is 2.37. The maximum absolute atomic E-state index is 2.30. The van der Waals surface area contributed by atoms with Crippen molar-refractivity contribution in [3.8, 4) is 0 Å². The number of fused-ring (bicyclic) bond motifs is 3. The standard InChI is InChI=1S/C16H17N/c1-17(2)16-9-5-8-14-13-7-4-3-6-12(13)10-11-15(14)16/h3-8,10-11,16H,9H2,1-2H3. The fourth-order valence-corrected chi connectivity index (χ4v) is 2.72. The van der Waals surface area contributed by atoms with E-state index >= 15 is 0 Å². The van der Waals surface area contributed by atoms with E-state index in [0.29, 0.717) is 6.04 Å². The lowest BCUT2D eigenvalue weighted by molar-refractivity contribution is 0.300. The fourth-order valence-electron chi connectivity index (χ4n) is 2.72. The smallest absolute Gasteiger partial charge is 0.0382 e. The molecule has 0 bridgehead atoms. The Kier molecular flexibility index (Phi) is 2.49. The summed E-state index contributed by atoms with van der Waals surface area (Å²) in [6.45, 7) is 0. The van der Waals surface area contributed by atoms with Crippen molar-refractivity contribution in [1.29, 1.82) is 0 Å². The van der Waals surface area contributed by atoms with Gasteiger partial charge in [0, 0.05) is 6.04 Å². The molecule has 2 aromatic rings. The lowest BCUT2D eigenvalue weighted by Gasteiger charge is -2.28. The molecule has 0 aliphatic heterocycles. The van der Waals surface area contributed by atoms with Crippen LogP contribution in [0, 0.1) is 0 Å². The molecule has 0 heterocycles. The summed E-state index contributed by atoms with van der Waals surface area (Å²) in [5, 5.41) is 2.70.